The Labute approximate surface area is 115 Å². The average molecular weight is 275 g/mol. The fourth-order valence-electron chi connectivity index (χ4n) is 3.30. The predicted octanol–water partition coefficient (Wildman–Crippen LogP) is 1.49. The molecule has 0 saturated carbocycles. The van der Waals surface area contributed by atoms with Crippen molar-refractivity contribution in [2.24, 2.45) is 11.8 Å². The zero-order valence-corrected chi connectivity index (χ0v) is 10.8. The highest BCUT2D eigenvalue weighted by Gasteiger charge is 2.41. The van der Waals surface area contributed by atoms with Gasteiger partial charge in [0, 0.05) is 44.1 Å². The minimum Gasteiger partial charge on any atom is -0.423 e. The summed E-state index contributed by atoms with van der Waals surface area (Å²) in [5.74, 6) is 0.649. The number of benzene rings is 1. The maximum atomic E-state index is 13.2. The predicted molar refractivity (Wildman–Crippen MR) is 70.8 cm³/mol. The first-order chi connectivity index (χ1) is 9.72. The zero-order valence-electron chi connectivity index (χ0n) is 10.8. The largest absolute Gasteiger partial charge is 0.423 e. The normalized spacial score (nSPS) is 25.4. The highest BCUT2D eigenvalue weighted by Crippen LogP contribution is 2.34. The SMILES string of the molecule is O=CN1CC2CN(c3nc4cc(F)ccc4o3)CC2C1. The van der Waals surface area contributed by atoms with E-state index in [1.807, 2.05) is 4.90 Å². The quantitative estimate of drug-likeness (QED) is 0.779. The summed E-state index contributed by atoms with van der Waals surface area (Å²) in [6.45, 7) is 3.29. The molecule has 6 heteroatoms. The molecule has 0 spiro atoms. The molecule has 2 fully saturated rings. The standard InChI is InChI=1S/C14H14FN3O2/c15-11-1-2-13-12(3-11)16-14(20-13)18-6-9-4-17(8-19)5-10(9)7-18/h1-3,8-10H,4-7H2. The van der Waals surface area contributed by atoms with Crippen LogP contribution in [0.5, 0.6) is 0 Å². The molecule has 2 aliphatic rings. The van der Waals surface area contributed by atoms with E-state index >= 15 is 0 Å². The van der Waals surface area contributed by atoms with Gasteiger partial charge >= 0.3 is 0 Å². The Bertz CT molecular complexity index is 657. The van der Waals surface area contributed by atoms with Crippen molar-refractivity contribution in [1.82, 2.24) is 9.88 Å². The third kappa shape index (κ3) is 1.75. The Hall–Kier alpha value is -2.11. The summed E-state index contributed by atoms with van der Waals surface area (Å²) in [5.41, 5.74) is 1.15. The molecule has 4 rings (SSSR count). The lowest BCUT2D eigenvalue weighted by Crippen LogP contribution is -2.28. The van der Waals surface area contributed by atoms with Crippen LogP contribution in [0, 0.1) is 17.7 Å². The number of carbonyl (C=O) groups is 1. The highest BCUT2D eigenvalue weighted by molar-refractivity contribution is 5.74. The number of hydrogen-bond donors (Lipinski definition) is 0. The molecule has 1 aromatic heterocycles. The van der Waals surface area contributed by atoms with Crippen LogP contribution in [0.2, 0.25) is 0 Å². The number of nitrogens with zero attached hydrogens (tertiary/aromatic N) is 3. The van der Waals surface area contributed by atoms with Crippen molar-refractivity contribution >= 4 is 23.5 Å². The Morgan fingerprint density at radius 2 is 2.00 bits per heavy atom. The first-order valence-electron chi connectivity index (χ1n) is 6.73. The van der Waals surface area contributed by atoms with Crippen molar-refractivity contribution in [3.8, 4) is 0 Å². The van der Waals surface area contributed by atoms with Gasteiger partial charge in [-0.1, -0.05) is 0 Å². The molecule has 1 aromatic carbocycles. The van der Waals surface area contributed by atoms with Gasteiger partial charge in [-0.25, -0.2) is 4.39 Å². The molecule has 2 unspecified atom stereocenters. The minimum absolute atomic E-state index is 0.308. The van der Waals surface area contributed by atoms with Gasteiger partial charge in [0.05, 0.1) is 0 Å². The molecule has 1 amide bonds. The summed E-state index contributed by atoms with van der Waals surface area (Å²) in [5, 5.41) is 0. The molecule has 0 radical (unpaired) electrons. The molecule has 2 atom stereocenters. The molecular weight excluding hydrogens is 261 g/mol. The van der Waals surface area contributed by atoms with Crippen LogP contribution >= 0.6 is 0 Å². The summed E-state index contributed by atoms with van der Waals surface area (Å²) in [6.07, 6.45) is 0.922. The van der Waals surface area contributed by atoms with E-state index in [9.17, 15) is 9.18 Å². The van der Waals surface area contributed by atoms with E-state index in [1.165, 1.54) is 12.1 Å². The molecule has 2 aromatic rings. The molecule has 5 nitrogen and oxygen atoms in total. The second-order valence-corrected chi connectivity index (χ2v) is 5.59. The molecular formula is C14H14FN3O2. The monoisotopic (exact) mass is 275 g/mol. The van der Waals surface area contributed by atoms with Crippen LogP contribution < -0.4 is 4.90 Å². The molecule has 20 heavy (non-hydrogen) atoms. The maximum absolute atomic E-state index is 13.2. The van der Waals surface area contributed by atoms with Crippen molar-refractivity contribution in [2.45, 2.75) is 0 Å². The number of oxazole rings is 1. The van der Waals surface area contributed by atoms with E-state index < -0.39 is 0 Å². The van der Waals surface area contributed by atoms with Gasteiger partial charge in [0.15, 0.2) is 5.58 Å². The Morgan fingerprint density at radius 3 is 2.70 bits per heavy atom. The third-order valence-corrected chi connectivity index (χ3v) is 4.27. The van der Waals surface area contributed by atoms with Gasteiger partial charge in [0.25, 0.3) is 6.01 Å². The van der Waals surface area contributed by atoms with Crippen LogP contribution in [0.3, 0.4) is 0 Å². The number of fused-ring (bicyclic) bond motifs is 2. The van der Waals surface area contributed by atoms with Crippen LogP contribution in [-0.4, -0.2) is 42.5 Å². The van der Waals surface area contributed by atoms with E-state index in [0.29, 0.717) is 29.0 Å². The summed E-state index contributed by atoms with van der Waals surface area (Å²) >= 11 is 0. The highest BCUT2D eigenvalue weighted by atomic mass is 19.1. The van der Waals surface area contributed by atoms with Crippen LogP contribution in [0.4, 0.5) is 10.4 Å². The van der Waals surface area contributed by atoms with Crippen molar-refractivity contribution in [3.63, 3.8) is 0 Å². The van der Waals surface area contributed by atoms with Crippen LogP contribution in [0.1, 0.15) is 0 Å². The fourth-order valence-corrected chi connectivity index (χ4v) is 3.30. The average Bonchev–Trinajstić information content (AvgIpc) is 3.08. The van der Waals surface area contributed by atoms with Crippen molar-refractivity contribution < 1.29 is 13.6 Å². The number of likely N-dealkylation sites (tertiary alicyclic amines) is 1. The van der Waals surface area contributed by atoms with E-state index in [0.717, 1.165) is 32.6 Å². The van der Waals surface area contributed by atoms with E-state index in [-0.39, 0.29) is 5.82 Å². The molecule has 0 bridgehead atoms. The van der Waals surface area contributed by atoms with Crippen molar-refractivity contribution in [2.75, 3.05) is 31.1 Å². The molecule has 104 valence electrons. The Balaban J connectivity index is 1.58. The van der Waals surface area contributed by atoms with Gasteiger partial charge in [-0.05, 0) is 12.1 Å². The van der Waals surface area contributed by atoms with Crippen molar-refractivity contribution in [3.05, 3.63) is 24.0 Å². The van der Waals surface area contributed by atoms with Gasteiger partial charge in [-0.3, -0.25) is 4.79 Å². The number of carbonyl (C=O) groups excluding carboxylic acids is 1. The number of halogens is 1. The van der Waals surface area contributed by atoms with Gasteiger partial charge in [0.1, 0.15) is 11.3 Å². The topological polar surface area (TPSA) is 49.6 Å². The fraction of sp³-hybridized carbons (Fsp3) is 0.429. The number of hydrogen-bond acceptors (Lipinski definition) is 4. The van der Waals surface area contributed by atoms with Crippen LogP contribution in [0.25, 0.3) is 11.1 Å². The lowest BCUT2D eigenvalue weighted by Gasteiger charge is -2.17. The van der Waals surface area contributed by atoms with E-state index in [4.69, 9.17) is 4.42 Å². The molecule has 3 heterocycles. The summed E-state index contributed by atoms with van der Waals surface area (Å²) in [7, 11) is 0. The summed E-state index contributed by atoms with van der Waals surface area (Å²) < 4.78 is 18.8. The Kier molecular flexibility index (Phi) is 2.45. The first kappa shape index (κ1) is 11.7. The number of anilines is 1. The lowest BCUT2D eigenvalue weighted by molar-refractivity contribution is -0.117. The Morgan fingerprint density at radius 1 is 1.25 bits per heavy atom. The lowest BCUT2D eigenvalue weighted by atomic mass is 10.0. The van der Waals surface area contributed by atoms with Gasteiger partial charge < -0.3 is 14.2 Å². The van der Waals surface area contributed by atoms with E-state index in [2.05, 4.69) is 9.88 Å². The second kappa shape index (κ2) is 4.19. The van der Waals surface area contributed by atoms with Gasteiger partial charge in [-0.15, -0.1) is 0 Å². The van der Waals surface area contributed by atoms with Crippen LogP contribution in [0.15, 0.2) is 22.6 Å². The zero-order chi connectivity index (χ0) is 13.7. The van der Waals surface area contributed by atoms with Crippen LogP contribution in [-0.2, 0) is 4.79 Å². The first-order valence-corrected chi connectivity index (χ1v) is 6.73. The molecule has 0 aliphatic carbocycles. The molecule has 0 N–H and O–H groups in total. The number of aromatic nitrogens is 1. The minimum atomic E-state index is -0.308. The van der Waals surface area contributed by atoms with Gasteiger partial charge in [-0.2, -0.15) is 4.98 Å². The van der Waals surface area contributed by atoms with E-state index in [1.54, 1.807) is 6.07 Å². The maximum Gasteiger partial charge on any atom is 0.298 e. The summed E-state index contributed by atoms with van der Waals surface area (Å²) in [4.78, 5) is 19.1. The smallest absolute Gasteiger partial charge is 0.298 e. The third-order valence-electron chi connectivity index (χ3n) is 4.27. The molecule has 2 saturated heterocycles. The second-order valence-electron chi connectivity index (χ2n) is 5.59. The summed E-state index contributed by atoms with van der Waals surface area (Å²) in [6, 6.07) is 4.91. The van der Waals surface area contributed by atoms with Crippen molar-refractivity contribution in [1.29, 1.82) is 0 Å². The number of amides is 1. The number of rotatable bonds is 2. The molecule has 2 aliphatic heterocycles. The van der Waals surface area contributed by atoms with Gasteiger partial charge in [0.2, 0.25) is 6.41 Å².